The van der Waals surface area contributed by atoms with Gasteiger partial charge in [0.05, 0.1) is 17.4 Å². The molecule has 10 heteroatoms. The summed E-state index contributed by atoms with van der Waals surface area (Å²) in [7, 11) is 0. The zero-order valence-electron chi connectivity index (χ0n) is 16.3. The number of primary amides is 1. The lowest BCUT2D eigenvalue weighted by atomic mass is 9.87. The van der Waals surface area contributed by atoms with Gasteiger partial charge in [0.15, 0.2) is 0 Å². The fourth-order valence-corrected chi connectivity index (χ4v) is 3.69. The summed E-state index contributed by atoms with van der Waals surface area (Å²) in [6.45, 7) is 0. The molecule has 1 aliphatic rings. The number of aromatic nitrogens is 1. The van der Waals surface area contributed by atoms with Crippen molar-refractivity contribution in [2.75, 3.05) is 5.01 Å². The summed E-state index contributed by atoms with van der Waals surface area (Å²) in [6, 6.07) is 16.8. The van der Waals surface area contributed by atoms with Crippen molar-refractivity contribution in [3.63, 3.8) is 0 Å². The molecule has 0 radical (unpaired) electrons. The van der Waals surface area contributed by atoms with Crippen LogP contribution in [0.2, 0.25) is 5.15 Å². The third kappa shape index (κ3) is 4.52. The zero-order chi connectivity index (χ0) is 22.9. The van der Waals surface area contributed by atoms with Crippen molar-refractivity contribution >= 4 is 28.9 Å². The molecule has 0 bridgehead atoms. The number of alkyl halides is 3. The maximum absolute atomic E-state index is 12.5. The molecule has 1 aliphatic heterocycles. The van der Waals surface area contributed by atoms with Crippen LogP contribution in [0.3, 0.4) is 0 Å². The number of pyridine rings is 1. The molecule has 3 aromatic rings. The Balaban J connectivity index is 1.80. The van der Waals surface area contributed by atoms with E-state index in [0.717, 1.165) is 0 Å². The first-order valence-electron chi connectivity index (χ1n) is 9.42. The minimum Gasteiger partial charge on any atom is -0.406 e. The summed E-state index contributed by atoms with van der Waals surface area (Å²) < 4.78 is 41.5. The lowest BCUT2D eigenvalue weighted by Gasteiger charge is -2.27. The second kappa shape index (κ2) is 8.51. The number of hydrogen-bond donors (Lipinski definition) is 1. The van der Waals surface area contributed by atoms with Gasteiger partial charge in [-0.1, -0.05) is 48.0 Å². The van der Waals surface area contributed by atoms with E-state index in [1.807, 2.05) is 6.07 Å². The zero-order valence-corrected chi connectivity index (χ0v) is 17.1. The number of ether oxygens (including phenoxy) is 1. The van der Waals surface area contributed by atoms with E-state index in [9.17, 15) is 18.0 Å². The quantitative estimate of drug-likeness (QED) is 0.559. The maximum atomic E-state index is 12.5. The highest BCUT2D eigenvalue weighted by Crippen LogP contribution is 2.41. The van der Waals surface area contributed by atoms with Gasteiger partial charge in [-0.2, -0.15) is 5.10 Å². The first-order chi connectivity index (χ1) is 15.2. The number of halogens is 4. The molecular formula is C22H16ClF3N4O2. The summed E-state index contributed by atoms with van der Waals surface area (Å²) in [5.41, 5.74) is 7.97. The van der Waals surface area contributed by atoms with Crippen LogP contribution in [0.1, 0.15) is 17.2 Å². The highest BCUT2D eigenvalue weighted by atomic mass is 35.5. The topological polar surface area (TPSA) is 80.8 Å². The number of rotatable bonds is 5. The summed E-state index contributed by atoms with van der Waals surface area (Å²) in [5, 5.41) is 6.45. The smallest absolute Gasteiger partial charge is 0.406 e. The first-order valence-corrected chi connectivity index (χ1v) is 9.80. The number of amides is 1. The Labute approximate surface area is 186 Å². The molecule has 0 fully saturated rings. The van der Waals surface area contributed by atoms with Crippen LogP contribution in [0.25, 0.3) is 0 Å². The lowest BCUT2D eigenvalue weighted by Crippen LogP contribution is -2.36. The van der Waals surface area contributed by atoms with E-state index in [1.165, 1.54) is 30.5 Å². The molecule has 6 nitrogen and oxygen atoms in total. The molecular weight excluding hydrogens is 445 g/mol. The average Bonchev–Trinajstić information content (AvgIpc) is 3.15. The highest BCUT2D eigenvalue weighted by molar-refractivity contribution is 6.29. The molecule has 164 valence electrons. The van der Waals surface area contributed by atoms with Gasteiger partial charge < -0.3 is 10.5 Å². The SMILES string of the molecule is NC(=O)C1C(c2ccccc2)=NN(c2ccc(OC(F)(F)F)cc2)C1c1ccc(Cl)nc1. The fourth-order valence-electron chi connectivity index (χ4n) is 3.58. The van der Waals surface area contributed by atoms with Crippen LogP contribution >= 0.6 is 11.6 Å². The van der Waals surface area contributed by atoms with E-state index in [2.05, 4.69) is 14.8 Å². The molecule has 2 N–H and O–H groups in total. The standard InChI is InChI=1S/C22H16ClF3N4O2/c23-17-11-6-14(12-28-17)20-18(21(27)31)19(13-4-2-1-3-5-13)29-30(20)15-7-9-16(10-8-15)32-22(24,25)26/h1-12,18,20H,(H2,27,31). The van der Waals surface area contributed by atoms with Gasteiger partial charge in [0, 0.05) is 6.20 Å². The Morgan fingerprint density at radius 3 is 2.28 bits per heavy atom. The van der Waals surface area contributed by atoms with Gasteiger partial charge in [0.2, 0.25) is 5.91 Å². The average molecular weight is 461 g/mol. The molecule has 0 aliphatic carbocycles. The summed E-state index contributed by atoms with van der Waals surface area (Å²) in [5.74, 6) is -1.82. The number of nitrogens with zero attached hydrogens (tertiary/aromatic N) is 3. The Hall–Kier alpha value is -3.59. The third-order valence-electron chi connectivity index (χ3n) is 4.89. The van der Waals surface area contributed by atoms with E-state index >= 15 is 0 Å². The fraction of sp³-hybridized carbons (Fsp3) is 0.136. The van der Waals surface area contributed by atoms with E-state index in [4.69, 9.17) is 17.3 Å². The van der Waals surface area contributed by atoms with Gasteiger partial charge in [0.1, 0.15) is 16.8 Å². The maximum Gasteiger partial charge on any atom is 0.573 e. The van der Waals surface area contributed by atoms with Crippen molar-refractivity contribution in [1.29, 1.82) is 0 Å². The van der Waals surface area contributed by atoms with Crippen LogP contribution in [0, 0.1) is 5.92 Å². The minimum atomic E-state index is -4.80. The summed E-state index contributed by atoms with van der Waals surface area (Å²) >= 11 is 5.91. The number of hydrogen-bond acceptors (Lipinski definition) is 5. The molecule has 2 aromatic carbocycles. The first kappa shape index (κ1) is 21.6. The van der Waals surface area contributed by atoms with Crippen molar-refractivity contribution in [2.45, 2.75) is 12.4 Å². The number of carbonyl (C=O) groups is 1. The largest absolute Gasteiger partial charge is 0.573 e. The van der Waals surface area contributed by atoms with Crippen LogP contribution in [-0.4, -0.2) is 23.0 Å². The van der Waals surface area contributed by atoms with E-state index in [0.29, 0.717) is 22.5 Å². The molecule has 4 rings (SSSR count). The third-order valence-corrected chi connectivity index (χ3v) is 5.12. The number of hydrazone groups is 1. The molecule has 1 amide bonds. The number of carbonyl (C=O) groups excluding carboxylic acids is 1. The van der Waals surface area contributed by atoms with Gasteiger partial charge >= 0.3 is 6.36 Å². The van der Waals surface area contributed by atoms with E-state index in [-0.39, 0.29) is 10.9 Å². The van der Waals surface area contributed by atoms with Crippen LogP contribution in [0.5, 0.6) is 5.75 Å². The van der Waals surface area contributed by atoms with Gasteiger partial charge in [-0.15, -0.1) is 13.2 Å². The number of anilines is 1. The minimum absolute atomic E-state index is 0.270. The molecule has 0 spiro atoms. The van der Waals surface area contributed by atoms with Gasteiger partial charge in [-0.25, -0.2) is 4.98 Å². The van der Waals surface area contributed by atoms with Gasteiger partial charge in [0.25, 0.3) is 0 Å². The van der Waals surface area contributed by atoms with Crippen LogP contribution in [0.15, 0.2) is 78.0 Å². The monoisotopic (exact) mass is 460 g/mol. The van der Waals surface area contributed by atoms with Crippen molar-refractivity contribution in [3.05, 3.63) is 89.2 Å². The molecule has 1 aromatic heterocycles. The normalized spacial score (nSPS) is 18.4. The van der Waals surface area contributed by atoms with Crippen molar-refractivity contribution in [3.8, 4) is 5.75 Å². The van der Waals surface area contributed by atoms with E-state index < -0.39 is 24.2 Å². The lowest BCUT2D eigenvalue weighted by molar-refractivity contribution is -0.274. The van der Waals surface area contributed by atoms with Gasteiger partial charge in [-0.05, 0) is 41.5 Å². The summed E-state index contributed by atoms with van der Waals surface area (Å²) in [4.78, 5) is 16.6. The van der Waals surface area contributed by atoms with Crippen molar-refractivity contribution < 1.29 is 22.7 Å². The second-order valence-electron chi connectivity index (χ2n) is 6.98. The molecule has 2 atom stereocenters. The van der Waals surface area contributed by atoms with Crippen LogP contribution in [-0.2, 0) is 4.79 Å². The van der Waals surface area contributed by atoms with Crippen LogP contribution in [0.4, 0.5) is 18.9 Å². The Bertz CT molecular complexity index is 1140. The molecule has 0 saturated carbocycles. The molecule has 2 heterocycles. The Kier molecular flexibility index (Phi) is 5.75. The highest BCUT2D eigenvalue weighted by Gasteiger charge is 2.43. The van der Waals surface area contributed by atoms with Gasteiger partial charge in [-0.3, -0.25) is 9.80 Å². The molecule has 32 heavy (non-hydrogen) atoms. The number of benzene rings is 2. The molecule has 0 saturated heterocycles. The number of nitrogens with two attached hydrogens (primary N) is 1. The van der Waals surface area contributed by atoms with E-state index in [1.54, 1.807) is 41.4 Å². The van der Waals surface area contributed by atoms with Crippen LogP contribution < -0.4 is 15.5 Å². The summed E-state index contributed by atoms with van der Waals surface area (Å²) in [6.07, 6.45) is -3.29. The second-order valence-corrected chi connectivity index (χ2v) is 7.36. The predicted molar refractivity (Wildman–Crippen MR) is 113 cm³/mol. The predicted octanol–water partition coefficient (Wildman–Crippen LogP) is 4.70. The van der Waals surface area contributed by atoms with Crippen molar-refractivity contribution in [2.24, 2.45) is 16.8 Å². The Morgan fingerprint density at radius 2 is 1.72 bits per heavy atom. The Morgan fingerprint density at radius 1 is 1.03 bits per heavy atom. The van der Waals surface area contributed by atoms with Crippen molar-refractivity contribution in [1.82, 2.24) is 4.98 Å². The molecule has 2 unspecified atom stereocenters.